The highest BCUT2D eigenvalue weighted by Gasteiger charge is 2.27. The van der Waals surface area contributed by atoms with Crippen molar-refractivity contribution < 1.29 is 18.0 Å². The molecule has 0 amide bonds. The Morgan fingerprint density at radius 2 is 1.92 bits per heavy atom. The van der Waals surface area contributed by atoms with Gasteiger partial charge in [0.25, 0.3) is 0 Å². The number of ketones is 1. The number of alkyl halides is 3. The van der Waals surface area contributed by atoms with Crippen LogP contribution in [0.4, 0.5) is 13.2 Å². The quantitative estimate of drug-likeness (QED) is 0.716. The van der Waals surface area contributed by atoms with E-state index < -0.39 is 12.6 Å². The fraction of sp³-hybridized carbons (Fsp3) is 0.529. The van der Waals surface area contributed by atoms with Gasteiger partial charge in [0, 0.05) is 0 Å². The van der Waals surface area contributed by atoms with E-state index in [2.05, 4.69) is 15.5 Å². The van der Waals surface area contributed by atoms with Crippen LogP contribution < -0.4 is 0 Å². The highest BCUT2D eigenvalue weighted by molar-refractivity contribution is 5.80. The minimum absolute atomic E-state index is 0.0500. The van der Waals surface area contributed by atoms with Gasteiger partial charge in [-0.05, 0) is 54.9 Å². The van der Waals surface area contributed by atoms with Crippen molar-refractivity contribution in [3.8, 4) is 5.69 Å². The second kappa shape index (κ2) is 8.39. The summed E-state index contributed by atoms with van der Waals surface area (Å²) in [6.45, 7) is 6.46. The van der Waals surface area contributed by atoms with Crippen molar-refractivity contribution in [2.24, 2.45) is 0 Å². The molecule has 0 radical (unpaired) electrons. The zero-order chi connectivity index (χ0) is 19.3. The second-order valence-corrected chi connectivity index (χ2v) is 6.22. The lowest BCUT2D eigenvalue weighted by Gasteiger charge is -2.26. The number of Topliss-reactive ketones (excluding diaryl/α,β-unsaturated/α-hetero) is 1. The predicted molar refractivity (Wildman–Crippen MR) is 89.8 cm³/mol. The van der Waals surface area contributed by atoms with E-state index in [1.54, 1.807) is 12.1 Å². The maximum Gasteiger partial charge on any atom is 0.393 e. The number of hydrogen-bond acceptors (Lipinski definition) is 5. The van der Waals surface area contributed by atoms with Crippen LogP contribution in [0.1, 0.15) is 38.6 Å². The molecular weight excluding hydrogens is 347 g/mol. The summed E-state index contributed by atoms with van der Waals surface area (Å²) in [5.74, 6) is 0.573. The summed E-state index contributed by atoms with van der Waals surface area (Å²) < 4.78 is 38.9. The Balaban J connectivity index is 2.20. The molecule has 0 N–H and O–H groups in total. The Hall–Kier alpha value is -2.29. The monoisotopic (exact) mass is 369 g/mol. The second-order valence-electron chi connectivity index (χ2n) is 6.22. The van der Waals surface area contributed by atoms with Gasteiger partial charge in [-0.15, -0.1) is 5.10 Å². The number of aromatic nitrogens is 4. The lowest BCUT2D eigenvalue weighted by atomic mass is 10.1. The van der Waals surface area contributed by atoms with E-state index >= 15 is 0 Å². The summed E-state index contributed by atoms with van der Waals surface area (Å²) in [4.78, 5) is 13.7. The van der Waals surface area contributed by atoms with Crippen LogP contribution in [-0.4, -0.2) is 49.7 Å². The van der Waals surface area contributed by atoms with Gasteiger partial charge in [-0.1, -0.05) is 19.1 Å². The topological polar surface area (TPSA) is 63.9 Å². The van der Waals surface area contributed by atoms with Crippen LogP contribution in [0.15, 0.2) is 24.3 Å². The molecule has 1 atom stereocenters. The molecule has 9 heteroatoms. The van der Waals surface area contributed by atoms with Crippen molar-refractivity contribution in [2.45, 2.75) is 52.4 Å². The molecule has 0 saturated heterocycles. The van der Waals surface area contributed by atoms with E-state index in [0.29, 0.717) is 24.6 Å². The molecule has 0 fully saturated rings. The first-order valence-electron chi connectivity index (χ1n) is 8.39. The SMILES string of the molecule is CCCN(Cc1nnnn1-c1ccc(CC(F)(F)F)cc1)[C@@H](C)C(C)=O. The highest BCUT2D eigenvalue weighted by atomic mass is 19.4. The smallest absolute Gasteiger partial charge is 0.298 e. The van der Waals surface area contributed by atoms with Gasteiger partial charge in [-0.2, -0.15) is 17.9 Å². The molecular formula is C17H22F3N5O. The third kappa shape index (κ3) is 5.35. The summed E-state index contributed by atoms with van der Waals surface area (Å²) in [5, 5.41) is 11.6. The number of hydrogen-bond donors (Lipinski definition) is 0. The highest BCUT2D eigenvalue weighted by Crippen LogP contribution is 2.22. The van der Waals surface area contributed by atoms with Crippen molar-refractivity contribution in [1.82, 2.24) is 25.1 Å². The Labute approximate surface area is 150 Å². The summed E-state index contributed by atoms with van der Waals surface area (Å²) in [6, 6.07) is 5.67. The van der Waals surface area contributed by atoms with Crippen LogP contribution in [0, 0.1) is 0 Å². The number of halogens is 3. The number of rotatable bonds is 8. The van der Waals surface area contributed by atoms with E-state index in [1.165, 1.54) is 23.7 Å². The zero-order valence-electron chi connectivity index (χ0n) is 15.0. The molecule has 2 aromatic rings. The Morgan fingerprint density at radius 3 is 2.46 bits per heavy atom. The lowest BCUT2D eigenvalue weighted by Crippen LogP contribution is -2.38. The Morgan fingerprint density at radius 1 is 1.27 bits per heavy atom. The largest absolute Gasteiger partial charge is 0.393 e. The van der Waals surface area contributed by atoms with Gasteiger partial charge in [0.05, 0.1) is 24.7 Å². The minimum Gasteiger partial charge on any atom is -0.298 e. The van der Waals surface area contributed by atoms with Gasteiger partial charge >= 0.3 is 6.18 Å². The third-order valence-electron chi connectivity index (χ3n) is 4.11. The van der Waals surface area contributed by atoms with Gasteiger partial charge in [0.2, 0.25) is 0 Å². The molecule has 26 heavy (non-hydrogen) atoms. The number of carbonyl (C=O) groups excluding carboxylic acids is 1. The van der Waals surface area contributed by atoms with Gasteiger partial charge in [0.15, 0.2) is 5.82 Å². The van der Waals surface area contributed by atoms with Gasteiger partial charge in [0.1, 0.15) is 5.78 Å². The van der Waals surface area contributed by atoms with Crippen LogP contribution in [0.5, 0.6) is 0 Å². The molecule has 0 aliphatic carbocycles. The average molecular weight is 369 g/mol. The van der Waals surface area contributed by atoms with Crippen molar-refractivity contribution >= 4 is 5.78 Å². The zero-order valence-corrected chi connectivity index (χ0v) is 15.0. The molecule has 0 aliphatic heterocycles. The normalized spacial score (nSPS) is 13.2. The number of carbonyl (C=O) groups is 1. The molecule has 0 saturated carbocycles. The van der Waals surface area contributed by atoms with Gasteiger partial charge < -0.3 is 0 Å². The van der Waals surface area contributed by atoms with E-state index in [0.717, 1.165) is 6.42 Å². The Bertz CT molecular complexity index is 727. The average Bonchev–Trinajstić information content (AvgIpc) is 3.01. The van der Waals surface area contributed by atoms with Crippen molar-refractivity contribution in [1.29, 1.82) is 0 Å². The molecule has 0 aliphatic rings. The van der Waals surface area contributed by atoms with Crippen molar-refractivity contribution in [3.63, 3.8) is 0 Å². The van der Waals surface area contributed by atoms with Gasteiger partial charge in [-0.3, -0.25) is 9.69 Å². The summed E-state index contributed by atoms with van der Waals surface area (Å²) in [5.41, 5.74) is 0.747. The van der Waals surface area contributed by atoms with Crippen LogP contribution in [-0.2, 0) is 17.8 Å². The number of benzene rings is 1. The first-order chi connectivity index (χ1) is 12.2. The summed E-state index contributed by atoms with van der Waals surface area (Å²) in [6.07, 6.45) is -4.35. The molecule has 0 bridgehead atoms. The lowest BCUT2D eigenvalue weighted by molar-refractivity contribution is -0.127. The molecule has 6 nitrogen and oxygen atoms in total. The van der Waals surface area contributed by atoms with E-state index in [-0.39, 0.29) is 17.4 Å². The molecule has 0 unspecified atom stereocenters. The Kier molecular flexibility index (Phi) is 6.47. The molecule has 142 valence electrons. The van der Waals surface area contributed by atoms with Gasteiger partial charge in [-0.25, -0.2) is 0 Å². The third-order valence-corrected chi connectivity index (χ3v) is 4.11. The molecule has 2 rings (SSSR count). The van der Waals surface area contributed by atoms with Crippen LogP contribution in [0.25, 0.3) is 5.69 Å². The predicted octanol–water partition coefficient (Wildman–Crippen LogP) is 2.96. The van der Waals surface area contributed by atoms with E-state index in [1.807, 2.05) is 18.7 Å². The molecule has 0 spiro atoms. The van der Waals surface area contributed by atoms with Crippen molar-refractivity contribution in [3.05, 3.63) is 35.7 Å². The first kappa shape index (κ1) is 20.0. The van der Waals surface area contributed by atoms with E-state index in [9.17, 15) is 18.0 Å². The summed E-state index contributed by atoms with van der Waals surface area (Å²) >= 11 is 0. The molecule has 1 aromatic carbocycles. The molecule has 1 heterocycles. The minimum atomic E-state index is -4.25. The van der Waals surface area contributed by atoms with Crippen LogP contribution in [0.3, 0.4) is 0 Å². The number of nitrogens with zero attached hydrogens (tertiary/aromatic N) is 5. The van der Waals surface area contributed by atoms with Crippen LogP contribution >= 0.6 is 0 Å². The fourth-order valence-corrected chi connectivity index (χ4v) is 2.63. The fourth-order valence-electron chi connectivity index (χ4n) is 2.63. The number of tetrazole rings is 1. The van der Waals surface area contributed by atoms with Crippen LogP contribution in [0.2, 0.25) is 0 Å². The maximum absolute atomic E-state index is 12.5. The van der Waals surface area contributed by atoms with Crippen molar-refractivity contribution in [2.75, 3.05) is 6.54 Å². The van der Waals surface area contributed by atoms with E-state index in [4.69, 9.17) is 0 Å². The molecule has 1 aromatic heterocycles. The first-order valence-corrected chi connectivity index (χ1v) is 8.39. The standard InChI is InChI=1S/C17H22F3N5O/c1-4-9-24(12(2)13(3)26)11-16-21-22-23-25(16)15-7-5-14(6-8-15)10-17(18,19)20/h5-8,12H,4,9-11H2,1-3H3/t12-/m0/s1. The maximum atomic E-state index is 12.5. The summed E-state index contributed by atoms with van der Waals surface area (Å²) in [7, 11) is 0.